The van der Waals surface area contributed by atoms with Gasteiger partial charge in [0.25, 0.3) is 0 Å². The van der Waals surface area contributed by atoms with Gasteiger partial charge < -0.3 is 25.4 Å². The number of nitrogens with zero attached hydrogens (tertiary/aromatic N) is 4. The highest BCUT2D eigenvalue weighted by molar-refractivity contribution is 5.81. The summed E-state index contributed by atoms with van der Waals surface area (Å²) in [5.74, 6) is -0.248. The summed E-state index contributed by atoms with van der Waals surface area (Å²) in [4.78, 5) is 23.8. The third-order valence-corrected chi connectivity index (χ3v) is 3.87. The summed E-state index contributed by atoms with van der Waals surface area (Å²) in [6.45, 7) is 1.44. The highest BCUT2D eigenvalue weighted by atomic mass is 16.6. The molecule has 0 amide bonds. The second-order valence-electron chi connectivity index (χ2n) is 5.53. The number of fused-ring (bicyclic) bond motifs is 1. The van der Waals surface area contributed by atoms with Crippen LogP contribution in [-0.2, 0) is 14.3 Å². The van der Waals surface area contributed by atoms with Crippen LogP contribution in [0.15, 0.2) is 12.7 Å². The molecule has 0 spiro atoms. The number of hydrogen-bond acceptors (Lipinski definition) is 9. The van der Waals surface area contributed by atoms with E-state index in [0.29, 0.717) is 17.6 Å². The zero-order valence-corrected chi connectivity index (χ0v) is 13.1. The van der Waals surface area contributed by atoms with Crippen molar-refractivity contribution in [1.82, 2.24) is 19.5 Å². The van der Waals surface area contributed by atoms with Crippen molar-refractivity contribution in [2.24, 2.45) is 0 Å². The zero-order valence-electron chi connectivity index (χ0n) is 13.1. The van der Waals surface area contributed by atoms with E-state index in [2.05, 4.69) is 15.0 Å². The molecule has 2 aromatic rings. The Labute approximate surface area is 137 Å². The first-order valence-electron chi connectivity index (χ1n) is 7.63. The Morgan fingerprint density at radius 2 is 2.25 bits per heavy atom. The lowest BCUT2D eigenvalue weighted by atomic mass is 10.1. The topological polar surface area (TPSA) is 146 Å². The predicted molar refractivity (Wildman–Crippen MR) is 81.5 cm³/mol. The summed E-state index contributed by atoms with van der Waals surface area (Å²) in [5.41, 5.74) is 6.50. The van der Waals surface area contributed by atoms with Gasteiger partial charge in [-0.2, -0.15) is 0 Å². The van der Waals surface area contributed by atoms with Crippen LogP contribution in [0.25, 0.3) is 11.2 Å². The maximum absolute atomic E-state index is 11.7. The average Bonchev–Trinajstić information content (AvgIpc) is 3.11. The summed E-state index contributed by atoms with van der Waals surface area (Å²) in [5, 5.41) is 20.0. The fraction of sp³-hybridized carbons (Fsp3) is 0.571. The third-order valence-electron chi connectivity index (χ3n) is 3.87. The van der Waals surface area contributed by atoms with E-state index in [9.17, 15) is 15.0 Å². The highest BCUT2D eigenvalue weighted by Gasteiger charge is 2.47. The Morgan fingerprint density at radius 3 is 2.96 bits per heavy atom. The molecule has 1 fully saturated rings. The van der Waals surface area contributed by atoms with Crippen molar-refractivity contribution >= 4 is 23.0 Å². The predicted octanol–water partition coefficient (Wildman–Crippen LogP) is -0.629. The molecule has 130 valence electrons. The van der Waals surface area contributed by atoms with Gasteiger partial charge in [-0.3, -0.25) is 9.36 Å². The molecule has 0 aromatic carbocycles. The fourth-order valence-corrected chi connectivity index (χ4v) is 2.71. The molecule has 10 heteroatoms. The van der Waals surface area contributed by atoms with Crippen molar-refractivity contribution in [1.29, 1.82) is 0 Å². The van der Waals surface area contributed by atoms with Crippen LogP contribution in [0.2, 0.25) is 0 Å². The van der Waals surface area contributed by atoms with Gasteiger partial charge >= 0.3 is 5.97 Å². The van der Waals surface area contributed by atoms with Crippen molar-refractivity contribution < 1.29 is 24.5 Å². The molecule has 4 atom stereocenters. The van der Waals surface area contributed by atoms with Crippen LogP contribution in [0.4, 0.5) is 5.82 Å². The minimum absolute atomic E-state index is 0.205. The van der Waals surface area contributed by atoms with Gasteiger partial charge in [0, 0.05) is 6.42 Å². The van der Waals surface area contributed by atoms with E-state index in [1.807, 2.05) is 6.92 Å². The first-order chi connectivity index (χ1) is 11.6. The minimum atomic E-state index is -1.18. The Bertz CT molecular complexity index is 735. The van der Waals surface area contributed by atoms with E-state index < -0.39 is 37.1 Å². The second kappa shape index (κ2) is 6.67. The van der Waals surface area contributed by atoms with Gasteiger partial charge in [-0.05, 0) is 6.42 Å². The molecule has 0 saturated carbocycles. The summed E-state index contributed by atoms with van der Waals surface area (Å²) < 4.78 is 12.4. The normalized spacial score (nSPS) is 26.8. The molecule has 1 aliphatic heterocycles. The smallest absolute Gasteiger partial charge is 0.306 e. The van der Waals surface area contributed by atoms with E-state index in [4.69, 9.17) is 15.2 Å². The Balaban J connectivity index is 1.88. The van der Waals surface area contributed by atoms with Gasteiger partial charge in [0.05, 0.1) is 12.9 Å². The summed E-state index contributed by atoms with van der Waals surface area (Å²) >= 11 is 0. The largest absolute Gasteiger partial charge is 0.457 e. The van der Waals surface area contributed by atoms with Gasteiger partial charge in [0.15, 0.2) is 23.8 Å². The van der Waals surface area contributed by atoms with Crippen LogP contribution < -0.4 is 5.73 Å². The number of nitrogens with two attached hydrogens (primary N) is 1. The summed E-state index contributed by atoms with van der Waals surface area (Å²) in [7, 11) is 0. The average molecular weight is 337 g/mol. The molecule has 0 radical (unpaired) electrons. The second-order valence-corrected chi connectivity index (χ2v) is 5.53. The molecule has 10 nitrogen and oxygen atoms in total. The van der Waals surface area contributed by atoms with Gasteiger partial charge in [0.2, 0.25) is 0 Å². The number of carbonyl (C=O) groups is 1. The highest BCUT2D eigenvalue weighted by Crippen LogP contribution is 2.33. The standard InChI is InChI=1S/C14H19N5O5/c1-2-3-8(21)24-11-7(4-20)23-14(10(11)22)19-6-18-9-12(15)16-5-17-13(9)19/h5-7,10-11,14,20,22H,2-4H2,1H3,(H2,15,16,17)/t7-,10?,11?,14-/m1/s1. The van der Waals surface area contributed by atoms with Crippen molar-refractivity contribution in [3.8, 4) is 0 Å². The maximum atomic E-state index is 11.7. The monoisotopic (exact) mass is 337 g/mol. The van der Waals surface area contributed by atoms with Crippen molar-refractivity contribution in [2.45, 2.75) is 44.3 Å². The molecule has 2 unspecified atom stereocenters. The quantitative estimate of drug-likeness (QED) is 0.607. The first-order valence-corrected chi connectivity index (χ1v) is 7.63. The molecule has 3 heterocycles. The van der Waals surface area contributed by atoms with E-state index in [1.165, 1.54) is 17.2 Å². The number of ether oxygens (including phenoxy) is 2. The SMILES string of the molecule is CCCC(=O)OC1C(O)[C@H](n2cnc3c(N)ncnc32)O[C@@H]1CO. The number of nitrogen functional groups attached to an aromatic ring is 1. The van der Waals surface area contributed by atoms with E-state index >= 15 is 0 Å². The van der Waals surface area contributed by atoms with E-state index in [1.54, 1.807) is 0 Å². The summed E-state index contributed by atoms with van der Waals surface area (Å²) in [6, 6.07) is 0. The molecule has 1 saturated heterocycles. The lowest BCUT2D eigenvalue weighted by Crippen LogP contribution is -2.37. The molecule has 24 heavy (non-hydrogen) atoms. The number of esters is 1. The van der Waals surface area contributed by atoms with E-state index in [0.717, 1.165) is 0 Å². The van der Waals surface area contributed by atoms with Crippen LogP contribution in [0.5, 0.6) is 0 Å². The lowest BCUT2D eigenvalue weighted by Gasteiger charge is -2.19. The molecule has 0 aliphatic carbocycles. The summed E-state index contributed by atoms with van der Waals surface area (Å²) in [6.07, 6.45) is -0.383. The van der Waals surface area contributed by atoms with Crippen LogP contribution in [0.3, 0.4) is 0 Å². The molecule has 2 aromatic heterocycles. The van der Waals surface area contributed by atoms with Crippen LogP contribution in [-0.4, -0.2) is 60.6 Å². The Kier molecular flexibility index (Phi) is 4.60. The van der Waals surface area contributed by atoms with Gasteiger partial charge in [-0.1, -0.05) is 6.92 Å². The number of carbonyl (C=O) groups excluding carboxylic acids is 1. The van der Waals surface area contributed by atoms with Gasteiger partial charge in [-0.25, -0.2) is 15.0 Å². The van der Waals surface area contributed by atoms with Crippen molar-refractivity contribution in [2.75, 3.05) is 12.3 Å². The van der Waals surface area contributed by atoms with Crippen molar-refractivity contribution in [3.63, 3.8) is 0 Å². The molecular weight excluding hydrogens is 318 g/mol. The molecule has 4 N–H and O–H groups in total. The first kappa shape index (κ1) is 16.6. The lowest BCUT2D eigenvalue weighted by molar-refractivity contribution is -0.156. The maximum Gasteiger partial charge on any atom is 0.306 e. The minimum Gasteiger partial charge on any atom is -0.457 e. The third kappa shape index (κ3) is 2.79. The Hall–Kier alpha value is -2.30. The van der Waals surface area contributed by atoms with Crippen molar-refractivity contribution in [3.05, 3.63) is 12.7 Å². The van der Waals surface area contributed by atoms with E-state index in [-0.39, 0.29) is 12.2 Å². The van der Waals surface area contributed by atoms with Gasteiger partial charge in [0.1, 0.15) is 24.1 Å². The molecule has 3 rings (SSSR count). The Morgan fingerprint density at radius 1 is 1.46 bits per heavy atom. The number of aromatic nitrogens is 4. The number of imidazole rings is 1. The van der Waals surface area contributed by atoms with Crippen LogP contribution in [0.1, 0.15) is 26.0 Å². The number of rotatable bonds is 5. The van der Waals surface area contributed by atoms with Crippen LogP contribution >= 0.6 is 0 Å². The number of hydrogen-bond donors (Lipinski definition) is 3. The number of anilines is 1. The van der Waals surface area contributed by atoms with Gasteiger partial charge in [-0.15, -0.1) is 0 Å². The van der Waals surface area contributed by atoms with Crippen LogP contribution in [0, 0.1) is 0 Å². The molecule has 1 aliphatic rings. The fourth-order valence-electron chi connectivity index (χ4n) is 2.71. The number of aliphatic hydroxyl groups is 2. The number of aliphatic hydroxyl groups excluding tert-OH is 2. The molecular formula is C14H19N5O5. The molecule has 0 bridgehead atoms. The zero-order chi connectivity index (χ0) is 17.3.